The summed E-state index contributed by atoms with van der Waals surface area (Å²) in [6.07, 6.45) is 6.98. The number of nitrogens with one attached hydrogen (secondary N) is 1. The molecule has 1 fully saturated rings. The monoisotopic (exact) mass is 250 g/mol. The molecule has 0 radical (unpaired) electrons. The van der Waals surface area contributed by atoms with Gasteiger partial charge in [-0.05, 0) is 48.8 Å². The van der Waals surface area contributed by atoms with Gasteiger partial charge in [0.1, 0.15) is 5.82 Å². The first kappa shape index (κ1) is 13.5. The molecule has 0 saturated heterocycles. The second kappa shape index (κ2) is 5.81. The average molecular weight is 250 g/mol. The fourth-order valence-electron chi connectivity index (χ4n) is 3.38. The number of hydrogen-bond donors (Lipinski definition) is 2. The Morgan fingerprint density at radius 3 is 2.67 bits per heavy atom. The van der Waals surface area contributed by atoms with Gasteiger partial charge >= 0.3 is 0 Å². The number of hydrazine groups is 1. The van der Waals surface area contributed by atoms with E-state index in [1.165, 1.54) is 31.7 Å². The highest BCUT2D eigenvalue weighted by molar-refractivity contribution is 5.18. The van der Waals surface area contributed by atoms with Crippen LogP contribution in [-0.4, -0.2) is 6.04 Å². The number of benzene rings is 1. The Morgan fingerprint density at radius 2 is 2.11 bits per heavy atom. The van der Waals surface area contributed by atoms with E-state index in [2.05, 4.69) is 12.3 Å². The van der Waals surface area contributed by atoms with Gasteiger partial charge in [-0.1, -0.05) is 31.9 Å². The van der Waals surface area contributed by atoms with Gasteiger partial charge in [0, 0.05) is 6.04 Å². The Labute approximate surface area is 109 Å². The summed E-state index contributed by atoms with van der Waals surface area (Å²) in [6.45, 7) is 2.24. The van der Waals surface area contributed by atoms with Crippen molar-refractivity contribution in [2.45, 2.75) is 51.5 Å². The molecule has 1 aromatic rings. The van der Waals surface area contributed by atoms with Gasteiger partial charge in [0.05, 0.1) is 0 Å². The fourth-order valence-corrected chi connectivity index (χ4v) is 3.38. The van der Waals surface area contributed by atoms with Gasteiger partial charge < -0.3 is 0 Å². The second-order valence-electron chi connectivity index (χ2n) is 5.48. The van der Waals surface area contributed by atoms with Crippen molar-refractivity contribution in [3.8, 4) is 0 Å². The van der Waals surface area contributed by atoms with Crippen molar-refractivity contribution in [1.82, 2.24) is 5.43 Å². The molecular formula is C15H23FN2. The van der Waals surface area contributed by atoms with Crippen molar-refractivity contribution < 1.29 is 4.39 Å². The van der Waals surface area contributed by atoms with E-state index in [0.717, 1.165) is 18.4 Å². The molecule has 0 aromatic heterocycles. The highest BCUT2D eigenvalue weighted by atomic mass is 19.1. The molecule has 18 heavy (non-hydrogen) atoms. The molecule has 2 nitrogen and oxygen atoms in total. The van der Waals surface area contributed by atoms with Crippen LogP contribution in [-0.2, 0) is 6.42 Å². The molecule has 3 heteroatoms. The van der Waals surface area contributed by atoms with E-state index in [9.17, 15) is 4.39 Å². The zero-order valence-corrected chi connectivity index (χ0v) is 11.1. The van der Waals surface area contributed by atoms with E-state index in [-0.39, 0.29) is 11.9 Å². The Morgan fingerprint density at radius 1 is 1.39 bits per heavy atom. The van der Waals surface area contributed by atoms with Crippen LogP contribution in [0.4, 0.5) is 4.39 Å². The molecule has 1 saturated carbocycles. The third-order valence-corrected chi connectivity index (χ3v) is 4.57. The van der Waals surface area contributed by atoms with Gasteiger partial charge in [-0.2, -0.15) is 0 Å². The van der Waals surface area contributed by atoms with Crippen LogP contribution in [0.5, 0.6) is 0 Å². The first-order chi connectivity index (χ1) is 8.70. The molecule has 100 valence electrons. The zero-order valence-electron chi connectivity index (χ0n) is 11.1. The maximum Gasteiger partial charge on any atom is 0.123 e. The van der Waals surface area contributed by atoms with Crippen LogP contribution in [0.3, 0.4) is 0 Å². The Bertz CT molecular complexity index is 386. The number of nitrogens with two attached hydrogens (primary N) is 1. The van der Waals surface area contributed by atoms with E-state index in [1.807, 2.05) is 6.07 Å². The third kappa shape index (κ3) is 2.73. The molecule has 0 spiro atoms. The molecule has 0 aliphatic heterocycles. The topological polar surface area (TPSA) is 38.0 Å². The second-order valence-corrected chi connectivity index (χ2v) is 5.48. The summed E-state index contributed by atoms with van der Waals surface area (Å²) in [4.78, 5) is 0. The molecule has 1 aliphatic rings. The van der Waals surface area contributed by atoms with Crippen molar-refractivity contribution in [3.05, 3.63) is 35.6 Å². The number of halogens is 1. The first-order valence-electron chi connectivity index (χ1n) is 6.91. The molecule has 1 aliphatic carbocycles. The van der Waals surface area contributed by atoms with Crippen LogP contribution in [0.25, 0.3) is 0 Å². The van der Waals surface area contributed by atoms with Crippen molar-refractivity contribution in [2.75, 3.05) is 0 Å². The maximum absolute atomic E-state index is 13.2. The summed E-state index contributed by atoms with van der Waals surface area (Å²) in [5.41, 5.74) is 4.30. The Kier molecular flexibility index (Phi) is 4.36. The molecule has 1 atom stereocenters. The van der Waals surface area contributed by atoms with Gasteiger partial charge in [0.25, 0.3) is 0 Å². The van der Waals surface area contributed by atoms with E-state index >= 15 is 0 Å². The summed E-state index contributed by atoms with van der Waals surface area (Å²) < 4.78 is 13.2. The van der Waals surface area contributed by atoms with Crippen molar-refractivity contribution >= 4 is 0 Å². The van der Waals surface area contributed by atoms with E-state index < -0.39 is 0 Å². The average Bonchev–Trinajstić information content (AvgIpc) is 2.86. The summed E-state index contributed by atoms with van der Waals surface area (Å²) in [6, 6.07) is 7.09. The van der Waals surface area contributed by atoms with Gasteiger partial charge in [-0.3, -0.25) is 11.3 Å². The highest BCUT2D eigenvalue weighted by Gasteiger charge is 2.39. The fraction of sp³-hybridized carbons (Fsp3) is 0.600. The largest absolute Gasteiger partial charge is 0.271 e. The first-order valence-corrected chi connectivity index (χ1v) is 6.91. The predicted molar refractivity (Wildman–Crippen MR) is 72.4 cm³/mol. The van der Waals surface area contributed by atoms with Gasteiger partial charge in [-0.25, -0.2) is 4.39 Å². The number of hydrogen-bond acceptors (Lipinski definition) is 2. The summed E-state index contributed by atoms with van der Waals surface area (Å²) >= 11 is 0. The standard InChI is InChI=1S/C15H23FN2/c1-2-15(8-3-4-9-15)14(18-17)11-12-6-5-7-13(16)10-12/h5-7,10,14,18H,2-4,8-9,11,17H2,1H3. The lowest BCUT2D eigenvalue weighted by Crippen LogP contribution is -2.48. The minimum atomic E-state index is -0.166. The number of rotatable bonds is 5. The SMILES string of the molecule is CCC1(C(Cc2cccc(F)c2)NN)CCCC1. The molecule has 1 aromatic carbocycles. The molecule has 2 rings (SSSR count). The van der Waals surface area contributed by atoms with Gasteiger partial charge in [0.2, 0.25) is 0 Å². The Hall–Kier alpha value is -0.930. The van der Waals surface area contributed by atoms with Crippen LogP contribution in [0.2, 0.25) is 0 Å². The molecule has 3 N–H and O–H groups in total. The third-order valence-electron chi connectivity index (χ3n) is 4.57. The molecule has 0 bridgehead atoms. The van der Waals surface area contributed by atoms with Crippen LogP contribution in [0.15, 0.2) is 24.3 Å². The van der Waals surface area contributed by atoms with E-state index in [0.29, 0.717) is 5.41 Å². The Balaban J connectivity index is 2.13. The van der Waals surface area contributed by atoms with Crippen LogP contribution in [0.1, 0.15) is 44.6 Å². The van der Waals surface area contributed by atoms with Crippen molar-refractivity contribution in [2.24, 2.45) is 11.3 Å². The van der Waals surface area contributed by atoms with E-state index in [4.69, 9.17) is 5.84 Å². The van der Waals surface area contributed by atoms with E-state index in [1.54, 1.807) is 12.1 Å². The van der Waals surface area contributed by atoms with Gasteiger partial charge in [-0.15, -0.1) is 0 Å². The highest BCUT2D eigenvalue weighted by Crippen LogP contribution is 2.44. The summed E-state index contributed by atoms with van der Waals surface area (Å²) in [7, 11) is 0. The van der Waals surface area contributed by atoms with Crippen LogP contribution >= 0.6 is 0 Å². The summed E-state index contributed by atoms with van der Waals surface area (Å²) in [5.74, 6) is 5.59. The van der Waals surface area contributed by atoms with Crippen LogP contribution in [0, 0.1) is 11.2 Å². The maximum atomic E-state index is 13.2. The molecule has 0 heterocycles. The normalized spacial score (nSPS) is 19.9. The molecular weight excluding hydrogens is 227 g/mol. The molecule has 1 unspecified atom stereocenters. The minimum absolute atomic E-state index is 0.166. The molecule has 0 amide bonds. The lowest BCUT2D eigenvalue weighted by Gasteiger charge is -2.36. The lowest BCUT2D eigenvalue weighted by molar-refractivity contribution is 0.185. The minimum Gasteiger partial charge on any atom is -0.271 e. The quantitative estimate of drug-likeness (QED) is 0.622. The zero-order chi connectivity index (χ0) is 13.0. The van der Waals surface area contributed by atoms with Crippen LogP contribution < -0.4 is 11.3 Å². The van der Waals surface area contributed by atoms with Gasteiger partial charge in [0.15, 0.2) is 0 Å². The smallest absolute Gasteiger partial charge is 0.123 e. The van der Waals surface area contributed by atoms with Crippen molar-refractivity contribution in [1.29, 1.82) is 0 Å². The summed E-state index contributed by atoms with van der Waals surface area (Å²) in [5, 5.41) is 0. The lowest BCUT2D eigenvalue weighted by atomic mass is 9.74. The predicted octanol–water partition coefficient (Wildman–Crippen LogP) is 3.17. The van der Waals surface area contributed by atoms with Crippen molar-refractivity contribution in [3.63, 3.8) is 0 Å².